The highest BCUT2D eigenvalue weighted by atomic mass is 32.1. The van der Waals surface area contributed by atoms with Crippen LogP contribution in [0.15, 0.2) is 17.6 Å². The number of fused-ring (bicyclic) bond motifs is 1. The second-order valence-corrected chi connectivity index (χ2v) is 5.93. The quantitative estimate of drug-likeness (QED) is 0.943. The Morgan fingerprint density at radius 1 is 1.43 bits per heavy atom. The van der Waals surface area contributed by atoms with Crippen molar-refractivity contribution in [1.29, 1.82) is 0 Å². The number of pyridine rings is 1. The molecule has 2 aromatic heterocycles. The number of aryl methyl sites for hydroxylation is 2. The molecule has 3 rings (SSSR count). The zero-order chi connectivity index (χ0) is 14.7. The van der Waals surface area contributed by atoms with Crippen LogP contribution in [0, 0.1) is 6.92 Å². The lowest BCUT2D eigenvalue weighted by Crippen LogP contribution is -2.21. The molecule has 2 aromatic rings. The summed E-state index contributed by atoms with van der Waals surface area (Å²) in [6.45, 7) is 1.89. The Morgan fingerprint density at radius 3 is 3.10 bits per heavy atom. The van der Waals surface area contributed by atoms with Crippen LogP contribution in [0.2, 0.25) is 0 Å². The standard InChI is InChI=1S/C15H17N3O2S/c1-10-9-21-15(17-10)18-14(19)8-20-13-6-7-16-12-5-3-2-4-11(12)13/h6-7,9H,2-5,8H2,1H3,(H,17,18,19). The van der Waals surface area contributed by atoms with Gasteiger partial charge in [0.1, 0.15) is 5.75 Å². The third-order valence-electron chi connectivity index (χ3n) is 3.42. The first-order chi connectivity index (χ1) is 10.2. The normalized spacial score (nSPS) is 13.6. The summed E-state index contributed by atoms with van der Waals surface area (Å²) in [4.78, 5) is 20.5. The summed E-state index contributed by atoms with van der Waals surface area (Å²) in [5.74, 6) is 0.593. The monoisotopic (exact) mass is 303 g/mol. The van der Waals surface area contributed by atoms with E-state index in [2.05, 4.69) is 15.3 Å². The van der Waals surface area contributed by atoms with Crippen LogP contribution in [0.4, 0.5) is 5.13 Å². The molecule has 0 saturated heterocycles. The highest BCUT2D eigenvalue weighted by molar-refractivity contribution is 7.13. The van der Waals surface area contributed by atoms with E-state index in [1.807, 2.05) is 18.4 Å². The van der Waals surface area contributed by atoms with E-state index >= 15 is 0 Å². The van der Waals surface area contributed by atoms with E-state index in [0.717, 1.165) is 42.0 Å². The van der Waals surface area contributed by atoms with E-state index in [1.54, 1.807) is 6.20 Å². The van der Waals surface area contributed by atoms with Gasteiger partial charge in [-0.1, -0.05) is 0 Å². The number of hydrogen-bond donors (Lipinski definition) is 1. The van der Waals surface area contributed by atoms with Crippen LogP contribution in [0.5, 0.6) is 5.75 Å². The van der Waals surface area contributed by atoms with E-state index in [9.17, 15) is 4.79 Å². The van der Waals surface area contributed by atoms with Crippen molar-refractivity contribution in [1.82, 2.24) is 9.97 Å². The van der Waals surface area contributed by atoms with Crippen molar-refractivity contribution in [3.8, 4) is 5.75 Å². The zero-order valence-electron chi connectivity index (χ0n) is 11.9. The maximum Gasteiger partial charge on any atom is 0.264 e. The zero-order valence-corrected chi connectivity index (χ0v) is 12.7. The number of anilines is 1. The lowest BCUT2D eigenvalue weighted by atomic mass is 9.95. The smallest absolute Gasteiger partial charge is 0.264 e. The minimum absolute atomic E-state index is 0.00488. The van der Waals surface area contributed by atoms with E-state index in [0.29, 0.717) is 5.13 Å². The van der Waals surface area contributed by atoms with E-state index < -0.39 is 0 Å². The topological polar surface area (TPSA) is 64.1 Å². The molecular weight excluding hydrogens is 286 g/mol. The fraction of sp³-hybridized carbons (Fsp3) is 0.400. The van der Waals surface area contributed by atoms with Crippen LogP contribution >= 0.6 is 11.3 Å². The molecule has 0 unspecified atom stereocenters. The minimum atomic E-state index is -0.189. The van der Waals surface area contributed by atoms with Crippen molar-refractivity contribution in [3.05, 3.63) is 34.6 Å². The summed E-state index contributed by atoms with van der Waals surface area (Å²) in [5.41, 5.74) is 3.16. The first-order valence-electron chi connectivity index (χ1n) is 7.04. The Morgan fingerprint density at radius 2 is 2.29 bits per heavy atom. The molecule has 0 aliphatic heterocycles. The highest BCUT2D eigenvalue weighted by Crippen LogP contribution is 2.27. The summed E-state index contributed by atoms with van der Waals surface area (Å²) >= 11 is 1.41. The van der Waals surface area contributed by atoms with E-state index in [1.165, 1.54) is 17.8 Å². The Bertz CT molecular complexity index is 654. The second kappa shape index (κ2) is 6.22. The molecule has 6 heteroatoms. The van der Waals surface area contributed by atoms with Gasteiger partial charge in [0, 0.05) is 22.8 Å². The van der Waals surface area contributed by atoms with E-state index in [-0.39, 0.29) is 12.5 Å². The molecule has 1 N–H and O–H groups in total. The number of hydrogen-bond acceptors (Lipinski definition) is 5. The van der Waals surface area contributed by atoms with Gasteiger partial charge in [-0.15, -0.1) is 11.3 Å². The van der Waals surface area contributed by atoms with Crippen LogP contribution in [-0.4, -0.2) is 22.5 Å². The van der Waals surface area contributed by atoms with Gasteiger partial charge in [0.15, 0.2) is 11.7 Å². The molecule has 21 heavy (non-hydrogen) atoms. The number of ether oxygens (including phenoxy) is 1. The largest absolute Gasteiger partial charge is 0.483 e. The summed E-state index contributed by atoms with van der Waals surface area (Å²) in [6, 6.07) is 1.84. The number of amides is 1. The fourth-order valence-electron chi connectivity index (χ4n) is 2.44. The van der Waals surface area contributed by atoms with Gasteiger partial charge in [0.25, 0.3) is 5.91 Å². The number of nitrogens with one attached hydrogen (secondary N) is 1. The molecule has 0 atom stereocenters. The van der Waals surface area contributed by atoms with Crippen molar-refractivity contribution >= 4 is 22.4 Å². The predicted octanol–water partition coefficient (Wildman–Crippen LogP) is 2.74. The van der Waals surface area contributed by atoms with Gasteiger partial charge in [-0.05, 0) is 38.7 Å². The SMILES string of the molecule is Cc1csc(NC(=O)COc2ccnc3c2CCCC3)n1. The Balaban J connectivity index is 1.61. The lowest BCUT2D eigenvalue weighted by Gasteiger charge is -2.18. The average molecular weight is 303 g/mol. The van der Waals surface area contributed by atoms with Crippen molar-refractivity contribution in [3.63, 3.8) is 0 Å². The van der Waals surface area contributed by atoms with Crippen LogP contribution in [-0.2, 0) is 17.6 Å². The molecule has 1 amide bonds. The van der Waals surface area contributed by atoms with Crippen molar-refractivity contribution < 1.29 is 9.53 Å². The molecule has 0 fully saturated rings. The van der Waals surface area contributed by atoms with E-state index in [4.69, 9.17) is 4.74 Å². The minimum Gasteiger partial charge on any atom is -0.483 e. The fourth-order valence-corrected chi connectivity index (χ4v) is 3.14. The molecule has 0 aromatic carbocycles. The molecule has 1 aliphatic carbocycles. The summed E-state index contributed by atoms with van der Waals surface area (Å²) in [7, 11) is 0. The molecule has 0 bridgehead atoms. The Labute approximate surface area is 127 Å². The van der Waals surface area contributed by atoms with Gasteiger partial charge in [-0.3, -0.25) is 15.1 Å². The summed E-state index contributed by atoms with van der Waals surface area (Å²) in [5, 5.41) is 5.25. The number of carbonyl (C=O) groups is 1. The molecule has 2 heterocycles. The number of thiazole rings is 1. The average Bonchev–Trinajstić information content (AvgIpc) is 2.90. The molecule has 0 spiro atoms. The van der Waals surface area contributed by atoms with Gasteiger partial charge >= 0.3 is 0 Å². The van der Waals surface area contributed by atoms with Gasteiger partial charge in [-0.2, -0.15) is 0 Å². The van der Waals surface area contributed by atoms with Gasteiger partial charge in [0.2, 0.25) is 0 Å². The third kappa shape index (κ3) is 3.39. The molecule has 1 aliphatic rings. The summed E-state index contributed by atoms with van der Waals surface area (Å²) in [6.07, 6.45) is 6.05. The number of rotatable bonds is 4. The van der Waals surface area contributed by atoms with Crippen LogP contribution in [0.25, 0.3) is 0 Å². The Hall–Kier alpha value is -1.95. The second-order valence-electron chi connectivity index (χ2n) is 5.07. The maximum atomic E-state index is 11.9. The van der Waals surface area contributed by atoms with Crippen molar-refractivity contribution in [2.75, 3.05) is 11.9 Å². The van der Waals surface area contributed by atoms with Crippen LogP contribution in [0.3, 0.4) is 0 Å². The first kappa shape index (κ1) is 14.0. The molecule has 5 nitrogen and oxygen atoms in total. The highest BCUT2D eigenvalue weighted by Gasteiger charge is 2.16. The molecule has 0 radical (unpaired) electrons. The molecule has 0 saturated carbocycles. The van der Waals surface area contributed by atoms with Gasteiger partial charge < -0.3 is 4.74 Å². The predicted molar refractivity (Wildman–Crippen MR) is 81.9 cm³/mol. The molecular formula is C15H17N3O2S. The van der Waals surface area contributed by atoms with Crippen molar-refractivity contribution in [2.24, 2.45) is 0 Å². The number of aromatic nitrogens is 2. The number of carbonyl (C=O) groups excluding carboxylic acids is 1. The van der Waals surface area contributed by atoms with Gasteiger partial charge in [0.05, 0.1) is 5.69 Å². The maximum absolute atomic E-state index is 11.9. The van der Waals surface area contributed by atoms with Crippen molar-refractivity contribution in [2.45, 2.75) is 32.6 Å². The first-order valence-corrected chi connectivity index (χ1v) is 7.92. The Kier molecular flexibility index (Phi) is 4.15. The lowest BCUT2D eigenvalue weighted by molar-refractivity contribution is -0.118. The van der Waals surface area contributed by atoms with Gasteiger partial charge in [-0.25, -0.2) is 4.98 Å². The number of nitrogens with zero attached hydrogens (tertiary/aromatic N) is 2. The molecule has 110 valence electrons. The van der Waals surface area contributed by atoms with Crippen LogP contribution in [0.1, 0.15) is 29.8 Å². The van der Waals surface area contributed by atoms with Crippen LogP contribution < -0.4 is 10.1 Å². The third-order valence-corrected chi connectivity index (χ3v) is 4.29. The summed E-state index contributed by atoms with van der Waals surface area (Å²) < 4.78 is 5.67.